The molecule has 2 aromatic rings. The van der Waals surface area contributed by atoms with Gasteiger partial charge >= 0.3 is 0 Å². The van der Waals surface area contributed by atoms with Crippen LogP contribution < -0.4 is 10.6 Å². The number of hydrogen-bond donors (Lipinski definition) is 2. The van der Waals surface area contributed by atoms with Gasteiger partial charge in [0.15, 0.2) is 0 Å². The number of benzene rings is 2. The van der Waals surface area contributed by atoms with Crippen molar-refractivity contribution in [2.75, 3.05) is 11.9 Å². The Balaban J connectivity index is 1.70. The highest BCUT2D eigenvalue weighted by Gasteiger charge is 2.34. The highest BCUT2D eigenvalue weighted by Crippen LogP contribution is 2.41. The zero-order valence-corrected chi connectivity index (χ0v) is 17.2. The Kier molecular flexibility index (Phi) is 5.42. The van der Waals surface area contributed by atoms with E-state index in [-0.39, 0.29) is 11.7 Å². The third-order valence-electron chi connectivity index (χ3n) is 5.53. The second-order valence-electron chi connectivity index (χ2n) is 7.37. The molecular weight excluding hydrogens is 431 g/mol. The predicted octanol–water partition coefficient (Wildman–Crippen LogP) is 6.07. The van der Waals surface area contributed by atoms with Gasteiger partial charge in [-0.1, -0.05) is 46.8 Å². The van der Waals surface area contributed by atoms with Crippen molar-refractivity contribution in [2.45, 2.75) is 38.1 Å². The first kappa shape index (κ1) is 18.8. The number of fused-ring (bicyclic) bond motifs is 1. The van der Waals surface area contributed by atoms with Gasteiger partial charge in [0.25, 0.3) is 5.91 Å². The van der Waals surface area contributed by atoms with Crippen LogP contribution in [-0.4, -0.2) is 12.5 Å². The van der Waals surface area contributed by atoms with Gasteiger partial charge in [0.05, 0.1) is 6.04 Å². The van der Waals surface area contributed by atoms with Crippen LogP contribution in [0.3, 0.4) is 0 Å². The molecule has 0 saturated heterocycles. The average molecular weight is 452 g/mol. The maximum absolute atomic E-state index is 13.8. The van der Waals surface area contributed by atoms with E-state index in [2.05, 4.69) is 26.6 Å². The van der Waals surface area contributed by atoms with E-state index < -0.39 is 6.04 Å². The Morgan fingerprint density at radius 3 is 2.74 bits per heavy atom. The first-order valence-corrected chi connectivity index (χ1v) is 10.5. The second-order valence-corrected chi connectivity index (χ2v) is 8.69. The molecule has 2 aromatic carbocycles. The van der Waals surface area contributed by atoms with Crippen LogP contribution in [-0.2, 0) is 0 Å². The first-order valence-electron chi connectivity index (χ1n) is 9.36. The van der Waals surface area contributed by atoms with Crippen LogP contribution in [0.15, 0.2) is 34.8 Å². The van der Waals surface area contributed by atoms with Crippen molar-refractivity contribution in [3.05, 3.63) is 62.3 Å². The third kappa shape index (κ3) is 3.85. The maximum Gasteiger partial charge on any atom is 0.252 e. The summed E-state index contributed by atoms with van der Waals surface area (Å²) in [5, 5.41) is 6.95. The number of hydrogen-bond acceptors (Lipinski definition) is 2. The van der Waals surface area contributed by atoms with Crippen LogP contribution in [0.2, 0.25) is 5.02 Å². The molecule has 4 rings (SSSR count). The lowest BCUT2D eigenvalue weighted by Gasteiger charge is -2.24. The highest BCUT2D eigenvalue weighted by molar-refractivity contribution is 9.10. The van der Waals surface area contributed by atoms with Crippen molar-refractivity contribution in [3.8, 4) is 0 Å². The normalized spacial score (nSPS) is 19.7. The zero-order chi connectivity index (χ0) is 19.0. The van der Waals surface area contributed by atoms with Crippen molar-refractivity contribution in [1.29, 1.82) is 0 Å². The van der Waals surface area contributed by atoms with Gasteiger partial charge in [0, 0.05) is 38.4 Å². The van der Waals surface area contributed by atoms with Crippen LogP contribution in [0, 0.1) is 11.7 Å². The number of carbonyl (C=O) groups excluding carboxylic acids is 1. The van der Waals surface area contributed by atoms with Gasteiger partial charge in [-0.3, -0.25) is 4.79 Å². The summed E-state index contributed by atoms with van der Waals surface area (Å²) in [6, 6.07) is 7.59. The molecule has 2 aliphatic rings. The molecule has 0 bridgehead atoms. The number of amides is 1. The van der Waals surface area contributed by atoms with Gasteiger partial charge in [0.2, 0.25) is 0 Å². The van der Waals surface area contributed by atoms with Gasteiger partial charge < -0.3 is 10.6 Å². The molecule has 1 saturated carbocycles. The van der Waals surface area contributed by atoms with Crippen molar-refractivity contribution >= 4 is 39.1 Å². The van der Waals surface area contributed by atoms with E-state index in [1.54, 1.807) is 0 Å². The summed E-state index contributed by atoms with van der Waals surface area (Å²) in [4.78, 5) is 12.6. The molecule has 1 amide bonds. The molecule has 1 unspecified atom stereocenters. The second kappa shape index (κ2) is 7.80. The van der Waals surface area contributed by atoms with Crippen molar-refractivity contribution < 1.29 is 9.18 Å². The fraction of sp³-hybridized carbons (Fsp3) is 0.381. The van der Waals surface area contributed by atoms with Crippen molar-refractivity contribution in [3.63, 3.8) is 0 Å². The van der Waals surface area contributed by atoms with Gasteiger partial charge in [-0.25, -0.2) is 4.39 Å². The molecule has 27 heavy (non-hydrogen) atoms. The molecular formula is C21H21BrClFN2O. The summed E-state index contributed by atoms with van der Waals surface area (Å²) >= 11 is 9.83. The van der Waals surface area contributed by atoms with E-state index in [0.717, 1.165) is 22.3 Å². The van der Waals surface area contributed by atoms with E-state index >= 15 is 0 Å². The van der Waals surface area contributed by atoms with E-state index in [9.17, 15) is 9.18 Å². The molecule has 142 valence electrons. The summed E-state index contributed by atoms with van der Waals surface area (Å²) < 4.78 is 14.7. The first-order chi connectivity index (χ1) is 13.0. The summed E-state index contributed by atoms with van der Waals surface area (Å²) in [7, 11) is 0. The lowest BCUT2D eigenvalue weighted by Crippen LogP contribution is -2.21. The highest BCUT2D eigenvalue weighted by atomic mass is 79.9. The van der Waals surface area contributed by atoms with Crippen molar-refractivity contribution in [2.24, 2.45) is 5.92 Å². The van der Waals surface area contributed by atoms with Gasteiger partial charge in [0.1, 0.15) is 5.82 Å². The maximum atomic E-state index is 13.8. The summed E-state index contributed by atoms with van der Waals surface area (Å²) in [5.41, 5.74) is 2.91. The minimum atomic E-state index is -0.461. The number of rotatable bonds is 4. The smallest absolute Gasteiger partial charge is 0.252 e. The van der Waals surface area contributed by atoms with E-state index in [1.807, 2.05) is 12.1 Å². The molecule has 6 heteroatoms. The monoisotopic (exact) mass is 450 g/mol. The van der Waals surface area contributed by atoms with Gasteiger partial charge in [-0.2, -0.15) is 0 Å². The lowest BCUT2D eigenvalue weighted by atomic mass is 9.89. The Morgan fingerprint density at radius 1 is 1.19 bits per heavy atom. The van der Waals surface area contributed by atoms with E-state index in [4.69, 9.17) is 11.6 Å². The minimum Gasteiger partial charge on any atom is -0.384 e. The number of halogens is 3. The van der Waals surface area contributed by atoms with Crippen molar-refractivity contribution in [1.82, 2.24) is 5.32 Å². The fourth-order valence-electron chi connectivity index (χ4n) is 4.16. The van der Waals surface area contributed by atoms with E-state index in [0.29, 0.717) is 22.1 Å². The van der Waals surface area contributed by atoms with Crippen LogP contribution >= 0.6 is 27.5 Å². The largest absolute Gasteiger partial charge is 0.384 e. The van der Waals surface area contributed by atoms with Gasteiger partial charge in [-0.05, 0) is 49.1 Å². The molecule has 1 aliphatic heterocycles. The summed E-state index contributed by atoms with van der Waals surface area (Å²) in [6.45, 7) is 0.876. The Morgan fingerprint density at radius 2 is 1.96 bits per heavy atom. The molecule has 3 nitrogen and oxygen atoms in total. The topological polar surface area (TPSA) is 41.1 Å². The molecule has 1 heterocycles. The quantitative estimate of drug-likeness (QED) is 0.592. The Labute approximate surface area is 171 Å². The molecule has 1 aliphatic carbocycles. The minimum absolute atomic E-state index is 0.169. The van der Waals surface area contributed by atoms with E-state index in [1.165, 1.54) is 50.3 Å². The van der Waals surface area contributed by atoms with Gasteiger partial charge in [-0.15, -0.1) is 0 Å². The SMILES string of the molecule is O=C1NC(c2cc(F)ccc2Cl)c2c(NCC3CCCCC3)cc(Br)cc21. The zero-order valence-electron chi connectivity index (χ0n) is 14.8. The average Bonchev–Trinajstić information content (AvgIpc) is 2.99. The lowest BCUT2D eigenvalue weighted by molar-refractivity contribution is 0.0960. The van der Waals surface area contributed by atoms with Crippen LogP contribution in [0.5, 0.6) is 0 Å². The van der Waals surface area contributed by atoms with Crippen LogP contribution in [0.25, 0.3) is 0 Å². The Bertz CT molecular complexity index is 883. The summed E-state index contributed by atoms with van der Waals surface area (Å²) in [5.74, 6) is 0.109. The standard InChI is InChI=1S/C21H21BrClFN2O/c22-13-8-16-19(18(9-13)25-11-12-4-2-1-3-5-12)20(26-21(16)27)15-10-14(24)6-7-17(15)23/h6-10,12,20,25H,1-5,11H2,(H,26,27). The summed E-state index contributed by atoms with van der Waals surface area (Å²) in [6.07, 6.45) is 6.36. The molecule has 2 N–H and O–H groups in total. The number of nitrogens with one attached hydrogen (secondary N) is 2. The molecule has 0 radical (unpaired) electrons. The molecule has 1 atom stereocenters. The number of anilines is 1. The van der Waals surface area contributed by atoms with Crippen LogP contribution in [0.4, 0.5) is 10.1 Å². The third-order valence-corrected chi connectivity index (χ3v) is 6.33. The van der Waals surface area contributed by atoms with Crippen LogP contribution in [0.1, 0.15) is 59.6 Å². The molecule has 0 aromatic heterocycles. The predicted molar refractivity (Wildman–Crippen MR) is 110 cm³/mol. The fourth-order valence-corrected chi connectivity index (χ4v) is 4.84. The number of carbonyl (C=O) groups is 1. The Hall–Kier alpha value is -1.59. The molecule has 1 fully saturated rings. The molecule has 0 spiro atoms.